The Kier molecular flexibility index (Phi) is 5.28. The summed E-state index contributed by atoms with van der Waals surface area (Å²) in [6.45, 7) is 0.311. The number of furan rings is 1. The van der Waals surface area contributed by atoms with Crippen LogP contribution in [0.5, 0.6) is 11.5 Å². The Hall–Kier alpha value is -3.07. The first kappa shape index (κ1) is 20.8. The van der Waals surface area contributed by atoms with Gasteiger partial charge < -0.3 is 13.9 Å². The van der Waals surface area contributed by atoms with E-state index in [4.69, 9.17) is 30.6 Å². The van der Waals surface area contributed by atoms with Crippen molar-refractivity contribution in [2.75, 3.05) is 6.61 Å². The molecule has 0 saturated carbocycles. The van der Waals surface area contributed by atoms with Crippen molar-refractivity contribution in [1.82, 2.24) is 4.98 Å². The normalized spacial score (nSPS) is 17.1. The number of rotatable bonds is 4. The van der Waals surface area contributed by atoms with Gasteiger partial charge in [-0.05, 0) is 35.9 Å². The van der Waals surface area contributed by atoms with Crippen molar-refractivity contribution in [3.05, 3.63) is 83.3 Å². The minimum absolute atomic E-state index is 0.0377. The highest BCUT2D eigenvalue weighted by Gasteiger charge is 2.34. The fraction of sp³-hybridized carbons (Fsp3) is 0.174. The lowest BCUT2D eigenvalue weighted by Crippen LogP contribution is -2.27. The summed E-state index contributed by atoms with van der Waals surface area (Å²) in [6.07, 6.45) is 3.39. The van der Waals surface area contributed by atoms with Gasteiger partial charge in [0.25, 0.3) is 0 Å². The second-order valence-corrected chi connectivity index (χ2v) is 9.48. The molecule has 0 bridgehead atoms. The van der Waals surface area contributed by atoms with Crippen LogP contribution < -0.4 is 14.6 Å². The molecule has 3 heterocycles. The van der Waals surface area contributed by atoms with E-state index in [9.17, 15) is 8.42 Å². The average Bonchev–Trinajstić information content (AvgIpc) is 3.07. The molecule has 0 spiro atoms. The van der Waals surface area contributed by atoms with Gasteiger partial charge in [-0.2, -0.15) is 0 Å². The van der Waals surface area contributed by atoms with Crippen LogP contribution in [0, 0.1) is 0 Å². The number of primary sulfonamides is 1. The smallest absolute Gasteiger partial charge is 0.238 e. The van der Waals surface area contributed by atoms with E-state index in [0.29, 0.717) is 35.3 Å². The van der Waals surface area contributed by atoms with Gasteiger partial charge in [-0.25, -0.2) is 13.6 Å². The van der Waals surface area contributed by atoms with E-state index in [0.717, 1.165) is 16.5 Å². The number of halogens is 1. The van der Waals surface area contributed by atoms with Crippen LogP contribution in [-0.4, -0.2) is 26.1 Å². The molecule has 1 unspecified atom stereocenters. The number of hydrogen-bond donors (Lipinski definition) is 1. The van der Waals surface area contributed by atoms with E-state index < -0.39 is 16.1 Å². The van der Waals surface area contributed by atoms with E-state index in [2.05, 4.69) is 4.98 Å². The summed E-state index contributed by atoms with van der Waals surface area (Å²) in [6, 6.07) is 15.9. The molecule has 2 atom stereocenters. The maximum absolute atomic E-state index is 11.7. The molecule has 0 fully saturated rings. The predicted octanol–water partition coefficient (Wildman–Crippen LogP) is 4.49. The van der Waals surface area contributed by atoms with Crippen molar-refractivity contribution in [1.29, 1.82) is 0 Å². The summed E-state index contributed by atoms with van der Waals surface area (Å²) in [5.41, 5.74) is 1.58. The Morgan fingerprint density at radius 2 is 1.94 bits per heavy atom. The minimum Gasteiger partial charge on any atom is -0.490 e. The van der Waals surface area contributed by atoms with Crippen LogP contribution in [0.4, 0.5) is 0 Å². The van der Waals surface area contributed by atoms with Crippen molar-refractivity contribution >= 4 is 32.6 Å². The number of nitrogens with zero attached hydrogens (tertiary/aromatic N) is 1. The number of fused-ring (bicyclic) bond motifs is 2. The minimum atomic E-state index is -3.86. The largest absolute Gasteiger partial charge is 0.490 e. The van der Waals surface area contributed by atoms with Crippen molar-refractivity contribution in [2.24, 2.45) is 5.14 Å². The Labute approximate surface area is 189 Å². The Balaban J connectivity index is 1.59. The van der Waals surface area contributed by atoms with Crippen molar-refractivity contribution in [3.63, 3.8) is 0 Å². The molecule has 1 aliphatic heterocycles. The van der Waals surface area contributed by atoms with E-state index >= 15 is 0 Å². The third-order valence-corrected chi connectivity index (χ3v) is 6.67. The van der Waals surface area contributed by atoms with E-state index in [1.807, 2.05) is 36.4 Å². The zero-order valence-corrected chi connectivity index (χ0v) is 18.3. The van der Waals surface area contributed by atoms with E-state index in [1.54, 1.807) is 18.5 Å². The van der Waals surface area contributed by atoms with Crippen LogP contribution in [0.3, 0.4) is 0 Å². The first-order chi connectivity index (χ1) is 15.4. The fourth-order valence-corrected chi connectivity index (χ4v) is 4.71. The molecule has 2 N–H and O–H groups in total. The number of pyridine rings is 1. The molecular formula is C23H19ClN2O5S. The number of ether oxygens (including phenoxy) is 2. The molecule has 9 heteroatoms. The first-order valence-electron chi connectivity index (χ1n) is 9.94. The van der Waals surface area contributed by atoms with Crippen LogP contribution >= 0.6 is 11.6 Å². The Morgan fingerprint density at radius 1 is 1.09 bits per heavy atom. The average molecular weight is 471 g/mol. The molecule has 7 nitrogen and oxygen atoms in total. The van der Waals surface area contributed by atoms with Gasteiger partial charge in [-0.1, -0.05) is 29.8 Å². The zero-order chi connectivity index (χ0) is 22.3. The zero-order valence-electron chi connectivity index (χ0n) is 16.8. The van der Waals surface area contributed by atoms with Gasteiger partial charge in [0, 0.05) is 30.3 Å². The molecule has 2 aromatic carbocycles. The molecule has 0 saturated heterocycles. The summed E-state index contributed by atoms with van der Waals surface area (Å²) >= 11 is 6.53. The van der Waals surface area contributed by atoms with Gasteiger partial charge in [0.2, 0.25) is 10.0 Å². The molecule has 2 aromatic heterocycles. The molecule has 0 aliphatic carbocycles. The standard InChI is InChI=1S/C23H19ClN2O5S/c24-17-13-26-9-7-16(17)23(22-11-14-3-1-2-4-18(14)30-22)20-8-10-29-21-12-15(32(25,27)28)5-6-19(21)31-20/h1-7,9,11-13,20,23H,8,10H2,(H2,25,27,28)/t20?,23-/m1/s1. The van der Waals surface area contributed by atoms with Crippen LogP contribution in [0.15, 0.2) is 76.3 Å². The van der Waals surface area contributed by atoms with Crippen LogP contribution in [-0.2, 0) is 10.0 Å². The molecule has 1 aliphatic rings. The lowest BCUT2D eigenvalue weighted by atomic mass is 9.89. The predicted molar refractivity (Wildman–Crippen MR) is 120 cm³/mol. The number of para-hydroxylation sites is 1. The van der Waals surface area contributed by atoms with Gasteiger partial charge in [-0.3, -0.25) is 4.98 Å². The maximum Gasteiger partial charge on any atom is 0.238 e. The maximum atomic E-state index is 11.7. The van der Waals surface area contributed by atoms with Gasteiger partial charge in [0.05, 0.1) is 22.4 Å². The van der Waals surface area contributed by atoms with Gasteiger partial charge in [-0.15, -0.1) is 0 Å². The molecular weight excluding hydrogens is 452 g/mol. The molecule has 5 rings (SSSR count). The lowest BCUT2D eigenvalue weighted by Gasteiger charge is -2.26. The van der Waals surface area contributed by atoms with Crippen LogP contribution in [0.25, 0.3) is 11.0 Å². The number of sulfonamides is 1. The SMILES string of the molecule is NS(=O)(=O)c1ccc2c(c1)OCCC([C@H](c1cc3ccccc3o1)c1ccncc1Cl)O2. The summed E-state index contributed by atoms with van der Waals surface area (Å²) in [5, 5.41) is 6.72. The van der Waals surface area contributed by atoms with E-state index in [1.165, 1.54) is 12.1 Å². The fourth-order valence-electron chi connectivity index (χ4n) is 3.95. The highest BCUT2D eigenvalue weighted by atomic mass is 35.5. The molecule has 164 valence electrons. The summed E-state index contributed by atoms with van der Waals surface area (Å²) < 4.78 is 41.8. The third kappa shape index (κ3) is 3.92. The number of hydrogen-bond acceptors (Lipinski definition) is 6. The molecule has 0 amide bonds. The highest BCUT2D eigenvalue weighted by molar-refractivity contribution is 7.89. The van der Waals surface area contributed by atoms with Crippen molar-refractivity contribution in [2.45, 2.75) is 23.3 Å². The third-order valence-electron chi connectivity index (χ3n) is 5.44. The molecule has 4 aromatic rings. The van der Waals surface area contributed by atoms with Gasteiger partial charge >= 0.3 is 0 Å². The molecule has 32 heavy (non-hydrogen) atoms. The van der Waals surface area contributed by atoms with Gasteiger partial charge in [0.15, 0.2) is 11.5 Å². The second kappa shape index (κ2) is 8.12. The van der Waals surface area contributed by atoms with Crippen molar-refractivity contribution < 1.29 is 22.3 Å². The quantitative estimate of drug-likeness (QED) is 0.471. The lowest BCUT2D eigenvalue weighted by molar-refractivity contribution is 0.165. The Bertz CT molecular complexity index is 1370. The monoisotopic (exact) mass is 470 g/mol. The topological polar surface area (TPSA) is 105 Å². The van der Waals surface area contributed by atoms with Crippen molar-refractivity contribution in [3.8, 4) is 11.5 Å². The number of benzene rings is 2. The molecule has 0 radical (unpaired) electrons. The first-order valence-corrected chi connectivity index (χ1v) is 11.9. The van der Waals surface area contributed by atoms with Gasteiger partial charge in [0.1, 0.15) is 17.4 Å². The highest BCUT2D eigenvalue weighted by Crippen LogP contribution is 2.41. The summed E-state index contributed by atoms with van der Waals surface area (Å²) in [4.78, 5) is 4.06. The Morgan fingerprint density at radius 3 is 2.72 bits per heavy atom. The number of nitrogens with two attached hydrogens (primary N) is 1. The van der Waals surface area contributed by atoms with Crippen LogP contribution in [0.2, 0.25) is 5.02 Å². The number of aromatic nitrogens is 1. The van der Waals surface area contributed by atoms with E-state index in [-0.39, 0.29) is 10.8 Å². The van der Waals surface area contributed by atoms with Crippen LogP contribution in [0.1, 0.15) is 23.7 Å². The second-order valence-electron chi connectivity index (χ2n) is 7.51. The summed E-state index contributed by atoms with van der Waals surface area (Å²) in [5.74, 6) is 1.11. The summed E-state index contributed by atoms with van der Waals surface area (Å²) in [7, 11) is -3.86.